The number of hydrogen-bond acceptors (Lipinski definition) is 3. The second kappa shape index (κ2) is 6.00. The van der Waals surface area contributed by atoms with Crippen molar-refractivity contribution in [3.8, 4) is 0 Å². The minimum absolute atomic E-state index is 0.104. The molecule has 1 aromatic carbocycles. The summed E-state index contributed by atoms with van der Waals surface area (Å²) < 4.78 is 5.56. The molecule has 1 heterocycles. The summed E-state index contributed by atoms with van der Waals surface area (Å²) >= 11 is 0. The largest absolute Gasteiger partial charge is 0.481 e. The summed E-state index contributed by atoms with van der Waals surface area (Å²) in [5.41, 5.74) is 1.56. The minimum Gasteiger partial charge on any atom is -0.481 e. The molecule has 4 heteroatoms. The number of carboxylic acids is 1. The predicted molar refractivity (Wildman–Crippen MR) is 69.9 cm³/mol. The molecule has 0 bridgehead atoms. The molecule has 0 saturated heterocycles. The van der Waals surface area contributed by atoms with Crippen molar-refractivity contribution in [2.45, 2.75) is 27.2 Å². The molecule has 0 aliphatic heterocycles. The average Bonchev–Trinajstić information content (AvgIpc) is 2.29. The Morgan fingerprint density at radius 2 is 1.89 bits per heavy atom. The molecular formula is C14H16O4. The van der Waals surface area contributed by atoms with Crippen LogP contribution in [0, 0.1) is 6.92 Å². The first-order chi connectivity index (χ1) is 8.47. The van der Waals surface area contributed by atoms with E-state index in [1.54, 1.807) is 6.07 Å². The summed E-state index contributed by atoms with van der Waals surface area (Å²) in [7, 11) is 0. The Balaban J connectivity index is 0.000000357. The van der Waals surface area contributed by atoms with Crippen molar-refractivity contribution in [1.82, 2.24) is 0 Å². The van der Waals surface area contributed by atoms with Crippen molar-refractivity contribution in [2.75, 3.05) is 0 Å². The number of aryl methyl sites for hydroxylation is 1. The lowest BCUT2D eigenvalue weighted by atomic mass is 10.1. The van der Waals surface area contributed by atoms with Gasteiger partial charge in [-0.25, -0.2) is 0 Å². The lowest BCUT2D eigenvalue weighted by molar-refractivity contribution is -0.134. The Bertz CT molecular complexity index is 607. The van der Waals surface area contributed by atoms with Crippen molar-refractivity contribution >= 4 is 16.9 Å². The summed E-state index contributed by atoms with van der Waals surface area (Å²) in [4.78, 5) is 20.9. The highest BCUT2D eigenvalue weighted by Gasteiger charge is 2.08. The van der Waals surface area contributed by atoms with Crippen LogP contribution in [0.1, 0.15) is 25.2 Å². The van der Waals surface area contributed by atoms with E-state index >= 15 is 0 Å². The molecule has 0 spiro atoms. The van der Waals surface area contributed by atoms with Crippen LogP contribution in [0.3, 0.4) is 0 Å². The number of benzene rings is 1. The first-order valence-electron chi connectivity index (χ1n) is 5.68. The second-order valence-electron chi connectivity index (χ2n) is 3.83. The van der Waals surface area contributed by atoms with E-state index in [9.17, 15) is 4.79 Å². The van der Waals surface area contributed by atoms with Gasteiger partial charge in [0, 0.05) is 12.5 Å². The maximum absolute atomic E-state index is 11.9. The molecule has 0 fully saturated rings. The van der Waals surface area contributed by atoms with Crippen molar-refractivity contribution in [3.63, 3.8) is 0 Å². The lowest BCUT2D eigenvalue weighted by Gasteiger charge is -2.03. The molecule has 0 radical (unpaired) electrons. The highest BCUT2D eigenvalue weighted by atomic mass is 16.4. The molecular weight excluding hydrogens is 232 g/mol. The quantitative estimate of drug-likeness (QED) is 0.842. The topological polar surface area (TPSA) is 67.5 Å². The Hall–Kier alpha value is -2.10. The fourth-order valence-electron chi connectivity index (χ4n) is 1.70. The minimum atomic E-state index is -0.833. The van der Waals surface area contributed by atoms with Crippen molar-refractivity contribution in [2.24, 2.45) is 0 Å². The van der Waals surface area contributed by atoms with E-state index in [-0.39, 0.29) is 5.43 Å². The summed E-state index contributed by atoms with van der Waals surface area (Å²) in [5, 5.41) is 8.09. The summed E-state index contributed by atoms with van der Waals surface area (Å²) in [6, 6.07) is 7.35. The molecule has 0 aliphatic rings. The van der Waals surface area contributed by atoms with Crippen LogP contribution in [0.5, 0.6) is 0 Å². The fraction of sp³-hybridized carbons (Fsp3) is 0.286. The van der Waals surface area contributed by atoms with Gasteiger partial charge in [0.15, 0.2) is 5.43 Å². The van der Waals surface area contributed by atoms with Gasteiger partial charge in [0.25, 0.3) is 5.97 Å². The van der Waals surface area contributed by atoms with Crippen molar-refractivity contribution in [3.05, 3.63) is 45.8 Å². The van der Waals surface area contributed by atoms with Gasteiger partial charge in [-0.2, -0.15) is 0 Å². The lowest BCUT2D eigenvalue weighted by Crippen LogP contribution is -2.09. The predicted octanol–water partition coefficient (Wildman–Crippen LogP) is 2.75. The maximum atomic E-state index is 11.9. The normalized spacial score (nSPS) is 9.72. The summed E-state index contributed by atoms with van der Waals surface area (Å²) in [6.45, 7) is 4.89. The summed E-state index contributed by atoms with van der Waals surface area (Å²) in [6.07, 6.45) is 0.721. The Kier molecular flexibility index (Phi) is 4.66. The van der Waals surface area contributed by atoms with Gasteiger partial charge in [-0.1, -0.05) is 19.1 Å². The molecule has 2 rings (SSSR count). The summed E-state index contributed by atoms with van der Waals surface area (Å²) in [5.74, 6) is -0.101. The standard InChI is InChI=1S/C12H12O2.C2H4O2/c1-3-9-8(2)14-11-7-5-4-6-10(11)12(9)13;1-2(3)4/h4-7H,3H2,1-2H3;1H3,(H,3,4). The molecule has 18 heavy (non-hydrogen) atoms. The molecule has 4 nitrogen and oxygen atoms in total. The van der Waals surface area contributed by atoms with Gasteiger partial charge in [-0.3, -0.25) is 9.59 Å². The second-order valence-corrected chi connectivity index (χ2v) is 3.83. The average molecular weight is 248 g/mol. The van der Waals surface area contributed by atoms with Crippen LogP contribution in [0.4, 0.5) is 0 Å². The van der Waals surface area contributed by atoms with Crippen LogP contribution in [-0.2, 0) is 11.2 Å². The van der Waals surface area contributed by atoms with Gasteiger partial charge in [-0.05, 0) is 25.5 Å². The first-order valence-corrected chi connectivity index (χ1v) is 5.68. The maximum Gasteiger partial charge on any atom is 0.300 e. The first kappa shape index (κ1) is 14.0. The van der Waals surface area contributed by atoms with Gasteiger partial charge in [-0.15, -0.1) is 0 Å². The third kappa shape index (κ3) is 3.20. The number of hydrogen-bond donors (Lipinski definition) is 1. The smallest absolute Gasteiger partial charge is 0.300 e. The number of carbonyl (C=O) groups is 1. The van der Waals surface area contributed by atoms with Crippen LogP contribution in [0.2, 0.25) is 0 Å². The van der Waals surface area contributed by atoms with E-state index in [1.807, 2.05) is 32.0 Å². The SMILES string of the molecule is CC(=O)O.CCc1c(C)oc2ccccc2c1=O. The number of carboxylic acid groups (broad SMARTS) is 1. The number of fused-ring (bicyclic) bond motifs is 1. The highest BCUT2D eigenvalue weighted by Crippen LogP contribution is 2.14. The molecule has 0 amide bonds. The zero-order valence-corrected chi connectivity index (χ0v) is 10.7. The third-order valence-corrected chi connectivity index (χ3v) is 2.45. The van der Waals surface area contributed by atoms with Crippen molar-refractivity contribution in [1.29, 1.82) is 0 Å². The van der Waals surface area contributed by atoms with E-state index in [4.69, 9.17) is 14.3 Å². The molecule has 1 N–H and O–H groups in total. The van der Waals surface area contributed by atoms with Crippen molar-refractivity contribution < 1.29 is 14.3 Å². The zero-order chi connectivity index (χ0) is 13.7. The molecule has 1 aromatic heterocycles. The van der Waals surface area contributed by atoms with Gasteiger partial charge >= 0.3 is 0 Å². The van der Waals surface area contributed by atoms with E-state index < -0.39 is 5.97 Å². The third-order valence-electron chi connectivity index (χ3n) is 2.45. The van der Waals surface area contributed by atoms with Crippen LogP contribution in [0.15, 0.2) is 33.5 Å². The van der Waals surface area contributed by atoms with Gasteiger partial charge in [0.2, 0.25) is 0 Å². The Morgan fingerprint density at radius 3 is 2.44 bits per heavy atom. The molecule has 0 aliphatic carbocycles. The monoisotopic (exact) mass is 248 g/mol. The van der Waals surface area contributed by atoms with E-state index in [0.717, 1.165) is 24.7 Å². The molecule has 0 saturated carbocycles. The van der Waals surface area contributed by atoms with E-state index in [1.165, 1.54) is 0 Å². The van der Waals surface area contributed by atoms with Gasteiger partial charge in [0.1, 0.15) is 11.3 Å². The fourth-order valence-corrected chi connectivity index (χ4v) is 1.70. The Morgan fingerprint density at radius 1 is 1.33 bits per heavy atom. The Labute approximate surface area is 105 Å². The number of rotatable bonds is 1. The number of para-hydroxylation sites is 1. The van der Waals surface area contributed by atoms with Crippen LogP contribution < -0.4 is 5.43 Å². The molecule has 2 aromatic rings. The van der Waals surface area contributed by atoms with Gasteiger partial charge < -0.3 is 9.52 Å². The number of aliphatic carboxylic acids is 1. The van der Waals surface area contributed by atoms with Gasteiger partial charge in [0.05, 0.1) is 5.39 Å². The molecule has 96 valence electrons. The highest BCUT2D eigenvalue weighted by molar-refractivity contribution is 5.77. The van der Waals surface area contributed by atoms with E-state index in [2.05, 4.69) is 0 Å². The van der Waals surface area contributed by atoms with Crippen LogP contribution in [-0.4, -0.2) is 11.1 Å². The van der Waals surface area contributed by atoms with Crippen LogP contribution >= 0.6 is 0 Å². The molecule has 0 unspecified atom stereocenters. The zero-order valence-electron chi connectivity index (χ0n) is 10.7. The molecule has 0 atom stereocenters. The van der Waals surface area contributed by atoms with E-state index in [0.29, 0.717) is 11.0 Å². The van der Waals surface area contributed by atoms with Crippen LogP contribution in [0.25, 0.3) is 11.0 Å².